The van der Waals surface area contributed by atoms with Crippen molar-refractivity contribution < 1.29 is 18.9 Å². The molecule has 3 rings (SSSR count). The van der Waals surface area contributed by atoms with E-state index in [9.17, 15) is 0 Å². The average molecular weight is 382 g/mol. The number of hydrogen-bond donors (Lipinski definition) is 2. The molecule has 2 N–H and O–H groups in total. The molecule has 0 atom stereocenters. The van der Waals surface area contributed by atoms with Crippen LogP contribution in [0.25, 0.3) is 0 Å². The Bertz CT molecular complexity index is 949. The van der Waals surface area contributed by atoms with E-state index in [-0.39, 0.29) is 0 Å². The van der Waals surface area contributed by atoms with Crippen LogP contribution in [0, 0.1) is 0 Å². The normalized spacial score (nSPS) is 10.1. The van der Waals surface area contributed by atoms with Crippen LogP contribution in [-0.4, -0.2) is 38.4 Å². The summed E-state index contributed by atoms with van der Waals surface area (Å²) in [5.41, 5.74) is 1.54. The lowest BCUT2D eigenvalue weighted by Gasteiger charge is -2.13. The summed E-state index contributed by atoms with van der Waals surface area (Å²) in [6.45, 7) is 0. The maximum atomic E-state index is 5.41. The molecule has 146 valence electrons. The number of rotatable bonds is 8. The number of nitrogens with one attached hydrogen (secondary N) is 2. The number of hydrogen-bond acceptors (Lipinski definition) is 8. The lowest BCUT2D eigenvalue weighted by Crippen LogP contribution is -2.02. The Hall–Kier alpha value is -3.68. The molecule has 2 aromatic carbocycles. The van der Waals surface area contributed by atoms with Crippen molar-refractivity contribution in [1.29, 1.82) is 0 Å². The second-order valence-corrected chi connectivity index (χ2v) is 5.65. The van der Waals surface area contributed by atoms with Crippen LogP contribution in [0.15, 0.2) is 48.7 Å². The van der Waals surface area contributed by atoms with E-state index in [0.717, 1.165) is 11.4 Å². The van der Waals surface area contributed by atoms with Crippen molar-refractivity contribution in [1.82, 2.24) is 9.97 Å². The van der Waals surface area contributed by atoms with Crippen molar-refractivity contribution in [2.24, 2.45) is 0 Å². The Morgan fingerprint density at radius 1 is 0.714 bits per heavy atom. The molecule has 0 amide bonds. The van der Waals surface area contributed by atoms with E-state index in [4.69, 9.17) is 18.9 Å². The van der Waals surface area contributed by atoms with Gasteiger partial charge in [0.1, 0.15) is 17.3 Å². The van der Waals surface area contributed by atoms with Crippen LogP contribution in [0.4, 0.5) is 23.1 Å². The van der Waals surface area contributed by atoms with Crippen LogP contribution >= 0.6 is 0 Å². The van der Waals surface area contributed by atoms with E-state index in [1.807, 2.05) is 30.3 Å². The van der Waals surface area contributed by atoms with Crippen LogP contribution in [0.3, 0.4) is 0 Å². The molecule has 28 heavy (non-hydrogen) atoms. The number of nitrogens with zero attached hydrogens (tertiary/aromatic N) is 2. The average Bonchev–Trinajstić information content (AvgIpc) is 2.74. The molecule has 0 saturated carbocycles. The van der Waals surface area contributed by atoms with E-state index < -0.39 is 0 Å². The first-order valence-corrected chi connectivity index (χ1v) is 8.48. The zero-order chi connectivity index (χ0) is 19.9. The second kappa shape index (κ2) is 8.81. The Kier molecular flexibility index (Phi) is 6.01. The second-order valence-electron chi connectivity index (χ2n) is 5.65. The summed E-state index contributed by atoms with van der Waals surface area (Å²) in [5, 5.41) is 6.38. The predicted octanol–water partition coefficient (Wildman–Crippen LogP) is 4.00. The summed E-state index contributed by atoms with van der Waals surface area (Å²) in [6, 6.07) is 12.8. The van der Waals surface area contributed by atoms with Crippen LogP contribution < -0.4 is 29.6 Å². The predicted molar refractivity (Wildman–Crippen MR) is 108 cm³/mol. The molecule has 0 fully saturated rings. The molecule has 0 unspecified atom stereocenters. The maximum absolute atomic E-state index is 5.41. The van der Waals surface area contributed by atoms with E-state index in [1.165, 1.54) is 0 Å². The van der Waals surface area contributed by atoms with Crippen LogP contribution in [0.1, 0.15) is 0 Å². The van der Waals surface area contributed by atoms with Crippen LogP contribution in [0.5, 0.6) is 23.0 Å². The highest BCUT2D eigenvalue weighted by atomic mass is 16.5. The van der Waals surface area contributed by atoms with Gasteiger partial charge in [-0.3, -0.25) is 0 Å². The third-order valence-electron chi connectivity index (χ3n) is 3.97. The summed E-state index contributed by atoms with van der Waals surface area (Å²) in [4.78, 5) is 8.75. The number of methoxy groups -OCH3 is 4. The number of aromatic nitrogens is 2. The minimum absolute atomic E-state index is 0.435. The fourth-order valence-electron chi connectivity index (χ4n) is 2.57. The Balaban J connectivity index is 1.79. The smallest absolute Gasteiger partial charge is 0.229 e. The number of anilines is 4. The molecular formula is C20H22N4O4. The van der Waals surface area contributed by atoms with Gasteiger partial charge in [0.15, 0.2) is 11.5 Å². The Labute approximate surface area is 163 Å². The molecule has 0 aliphatic heterocycles. The van der Waals surface area contributed by atoms with Crippen molar-refractivity contribution in [2.75, 3.05) is 39.1 Å². The first-order valence-electron chi connectivity index (χ1n) is 8.48. The van der Waals surface area contributed by atoms with Gasteiger partial charge >= 0.3 is 0 Å². The highest BCUT2D eigenvalue weighted by Crippen LogP contribution is 2.32. The summed E-state index contributed by atoms with van der Waals surface area (Å²) in [6.07, 6.45) is 1.66. The molecule has 0 aliphatic rings. The molecule has 1 aromatic heterocycles. The fourth-order valence-corrected chi connectivity index (χ4v) is 2.57. The molecule has 3 aromatic rings. The summed E-state index contributed by atoms with van der Waals surface area (Å²) >= 11 is 0. The van der Waals surface area contributed by atoms with Gasteiger partial charge in [0.2, 0.25) is 5.95 Å². The van der Waals surface area contributed by atoms with Gasteiger partial charge < -0.3 is 29.6 Å². The molecule has 8 nitrogen and oxygen atoms in total. The monoisotopic (exact) mass is 382 g/mol. The highest BCUT2D eigenvalue weighted by Gasteiger charge is 2.09. The van der Waals surface area contributed by atoms with Crippen molar-refractivity contribution in [3.63, 3.8) is 0 Å². The zero-order valence-corrected chi connectivity index (χ0v) is 16.1. The highest BCUT2D eigenvalue weighted by molar-refractivity contribution is 5.67. The molecule has 1 heterocycles. The van der Waals surface area contributed by atoms with Gasteiger partial charge in [-0.05, 0) is 30.3 Å². The zero-order valence-electron chi connectivity index (χ0n) is 16.1. The number of ether oxygens (including phenoxy) is 4. The van der Waals surface area contributed by atoms with Gasteiger partial charge in [-0.2, -0.15) is 4.98 Å². The van der Waals surface area contributed by atoms with E-state index >= 15 is 0 Å². The molecule has 0 bridgehead atoms. The minimum Gasteiger partial charge on any atom is -0.497 e. The minimum atomic E-state index is 0.435. The van der Waals surface area contributed by atoms with Gasteiger partial charge in [-0.15, -0.1) is 0 Å². The van der Waals surface area contributed by atoms with E-state index in [2.05, 4.69) is 20.6 Å². The largest absolute Gasteiger partial charge is 0.497 e. The quantitative estimate of drug-likeness (QED) is 0.605. The van der Waals surface area contributed by atoms with Crippen molar-refractivity contribution in [3.05, 3.63) is 48.7 Å². The van der Waals surface area contributed by atoms with Crippen molar-refractivity contribution >= 4 is 23.1 Å². The molecule has 0 aliphatic carbocycles. The fraction of sp³-hybridized carbons (Fsp3) is 0.200. The van der Waals surface area contributed by atoms with Crippen LogP contribution in [0.2, 0.25) is 0 Å². The molecular weight excluding hydrogens is 360 g/mol. The third kappa shape index (κ3) is 4.35. The van der Waals surface area contributed by atoms with Crippen molar-refractivity contribution in [2.45, 2.75) is 0 Å². The Morgan fingerprint density at radius 2 is 1.50 bits per heavy atom. The summed E-state index contributed by atoms with van der Waals surface area (Å²) in [7, 11) is 6.39. The molecule has 0 radical (unpaired) electrons. The van der Waals surface area contributed by atoms with E-state index in [1.54, 1.807) is 46.8 Å². The lowest BCUT2D eigenvalue weighted by atomic mass is 10.2. The van der Waals surface area contributed by atoms with Gasteiger partial charge in [0.05, 0.1) is 34.1 Å². The summed E-state index contributed by atoms with van der Waals surface area (Å²) < 4.78 is 21.2. The topological polar surface area (TPSA) is 86.8 Å². The standard InChI is InChI=1S/C20H22N4O4/c1-25-14-6-7-15(17(12-14)27-3)23-19-9-10-21-20(24-19)22-13-5-8-16(26-2)18(11-13)28-4/h5-12H,1-4H3,(H2,21,22,23,24). The SMILES string of the molecule is COc1ccc(Nc2ccnc(Nc3ccc(OC)c(OC)c3)n2)c(OC)c1. The first kappa shape index (κ1) is 19.1. The lowest BCUT2D eigenvalue weighted by molar-refractivity contribution is 0.355. The molecule has 0 saturated heterocycles. The van der Waals surface area contributed by atoms with Gasteiger partial charge in [-0.1, -0.05) is 0 Å². The van der Waals surface area contributed by atoms with Crippen molar-refractivity contribution in [3.8, 4) is 23.0 Å². The van der Waals surface area contributed by atoms with Gasteiger partial charge in [0.25, 0.3) is 0 Å². The van der Waals surface area contributed by atoms with Gasteiger partial charge in [0, 0.05) is 24.0 Å². The maximum Gasteiger partial charge on any atom is 0.229 e. The van der Waals surface area contributed by atoms with Crippen LogP contribution in [-0.2, 0) is 0 Å². The molecule has 0 spiro atoms. The van der Waals surface area contributed by atoms with E-state index in [0.29, 0.717) is 34.8 Å². The molecule has 8 heteroatoms. The number of benzene rings is 2. The summed E-state index contributed by atoms with van der Waals surface area (Å²) in [5.74, 6) is 3.67. The Morgan fingerprint density at radius 3 is 2.21 bits per heavy atom. The third-order valence-corrected chi connectivity index (χ3v) is 3.97. The van der Waals surface area contributed by atoms with Gasteiger partial charge in [-0.25, -0.2) is 4.98 Å². The first-order chi connectivity index (χ1) is 13.7.